The van der Waals surface area contributed by atoms with Crippen LogP contribution >= 0.6 is 0 Å². The molecular formula is C33H21N3Te. The second-order valence-electron chi connectivity index (χ2n) is 8.89. The van der Waals surface area contributed by atoms with E-state index in [-0.39, 0.29) is 20.4 Å². The molecule has 0 unspecified atom stereocenters. The van der Waals surface area contributed by atoms with Crippen molar-refractivity contribution >= 4 is 38.0 Å². The molecule has 0 radical (unpaired) electrons. The first-order valence-corrected chi connectivity index (χ1v) is 14.5. The van der Waals surface area contributed by atoms with E-state index in [9.17, 15) is 0 Å². The van der Waals surface area contributed by atoms with Crippen molar-refractivity contribution in [2.45, 2.75) is 0 Å². The summed E-state index contributed by atoms with van der Waals surface area (Å²) in [4.78, 5) is 14.6. The Bertz CT molecular complexity index is 1800. The van der Waals surface area contributed by atoms with Gasteiger partial charge in [0.05, 0.1) is 0 Å². The van der Waals surface area contributed by atoms with Crippen molar-refractivity contribution in [1.29, 1.82) is 0 Å². The summed E-state index contributed by atoms with van der Waals surface area (Å²) in [6, 6.07) is 44.4. The molecule has 3 nitrogen and oxygen atoms in total. The van der Waals surface area contributed by atoms with E-state index in [2.05, 4.69) is 66.7 Å². The fraction of sp³-hybridized carbons (Fsp3) is 0. The Morgan fingerprint density at radius 2 is 0.865 bits per heavy atom. The fourth-order valence-electron chi connectivity index (χ4n) is 4.75. The first kappa shape index (κ1) is 22.1. The van der Waals surface area contributed by atoms with Crippen LogP contribution in [-0.2, 0) is 0 Å². The molecule has 2 heterocycles. The first-order chi connectivity index (χ1) is 18.3. The molecule has 174 valence electrons. The number of hydrogen-bond acceptors (Lipinski definition) is 3. The van der Waals surface area contributed by atoms with Gasteiger partial charge in [0, 0.05) is 0 Å². The number of rotatable bonds is 4. The van der Waals surface area contributed by atoms with Gasteiger partial charge in [-0.25, -0.2) is 0 Å². The molecule has 0 atom stereocenters. The molecular weight excluding hydrogens is 566 g/mol. The Balaban J connectivity index is 1.34. The molecule has 0 aliphatic carbocycles. The molecule has 7 rings (SSSR count). The zero-order chi connectivity index (χ0) is 24.6. The second kappa shape index (κ2) is 9.41. The van der Waals surface area contributed by atoms with Gasteiger partial charge >= 0.3 is 189 Å². The zero-order valence-electron chi connectivity index (χ0n) is 19.9. The minimum Gasteiger partial charge on any atom is -0.0615 e. The number of benzene rings is 5. The summed E-state index contributed by atoms with van der Waals surface area (Å²) < 4.78 is 3.05. The van der Waals surface area contributed by atoms with Gasteiger partial charge in [-0.3, -0.25) is 0 Å². The summed E-state index contributed by atoms with van der Waals surface area (Å²) in [5, 5.41) is 2.81. The molecule has 0 N–H and O–H groups in total. The minimum atomic E-state index is -0.333. The van der Waals surface area contributed by atoms with E-state index in [1.165, 1.54) is 28.7 Å². The van der Waals surface area contributed by atoms with E-state index in [1.54, 1.807) is 0 Å². The Hall–Kier alpha value is -4.10. The van der Waals surface area contributed by atoms with Crippen molar-refractivity contribution in [3.8, 4) is 45.3 Å². The molecule has 0 spiro atoms. The predicted octanol–water partition coefficient (Wildman–Crippen LogP) is 7.90. The normalized spacial score (nSPS) is 11.2. The quantitative estimate of drug-likeness (QED) is 0.197. The topological polar surface area (TPSA) is 38.7 Å². The predicted molar refractivity (Wildman–Crippen MR) is 154 cm³/mol. The number of nitrogens with zero attached hydrogens (tertiary/aromatic N) is 3. The maximum absolute atomic E-state index is 4.87. The van der Waals surface area contributed by atoms with Crippen LogP contribution in [0.2, 0.25) is 0 Å². The van der Waals surface area contributed by atoms with Crippen LogP contribution in [0.25, 0.3) is 62.9 Å². The molecule has 0 bridgehead atoms. The van der Waals surface area contributed by atoms with E-state index in [0.29, 0.717) is 17.5 Å². The van der Waals surface area contributed by atoms with E-state index in [0.717, 1.165) is 16.7 Å². The summed E-state index contributed by atoms with van der Waals surface area (Å²) in [6.07, 6.45) is 0. The molecule has 37 heavy (non-hydrogen) atoms. The first-order valence-electron chi connectivity index (χ1n) is 12.2. The van der Waals surface area contributed by atoms with Gasteiger partial charge in [-0.1, -0.05) is 36.4 Å². The molecule has 2 aromatic heterocycles. The van der Waals surface area contributed by atoms with E-state index < -0.39 is 0 Å². The Morgan fingerprint density at radius 3 is 1.49 bits per heavy atom. The number of aromatic nitrogens is 3. The summed E-state index contributed by atoms with van der Waals surface area (Å²) in [6.45, 7) is 0. The van der Waals surface area contributed by atoms with Crippen LogP contribution in [-0.4, -0.2) is 35.4 Å². The molecule has 4 heteroatoms. The van der Waals surface area contributed by atoms with Gasteiger partial charge in [0.1, 0.15) is 0 Å². The van der Waals surface area contributed by atoms with Crippen molar-refractivity contribution in [1.82, 2.24) is 15.0 Å². The van der Waals surface area contributed by atoms with Crippen LogP contribution in [0.4, 0.5) is 0 Å². The summed E-state index contributed by atoms with van der Waals surface area (Å²) in [5.74, 6) is 2.03. The van der Waals surface area contributed by atoms with Gasteiger partial charge in [0.2, 0.25) is 0 Å². The van der Waals surface area contributed by atoms with Crippen LogP contribution in [0.3, 0.4) is 0 Å². The summed E-state index contributed by atoms with van der Waals surface area (Å²) >= 11 is -0.333. The van der Waals surface area contributed by atoms with Gasteiger partial charge in [-0.05, 0) is 0 Å². The summed E-state index contributed by atoms with van der Waals surface area (Å²) in [7, 11) is 0. The SMILES string of the molecule is c1ccc(-c2nc(-c3ccccc3)nc(-c3ccc(-c4cccc5[te]c6ccccc6c45)cc3)n2)cc1. The average molecular weight is 587 g/mol. The molecule has 0 fully saturated rings. The zero-order valence-corrected chi connectivity index (χ0v) is 22.2. The molecule has 0 saturated carbocycles. The van der Waals surface area contributed by atoms with Crippen molar-refractivity contribution in [2.75, 3.05) is 0 Å². The van der Waals surface area contributed by atoms with Crippen LogP contribution in [0.15, 0.2) is 127 Å². The Kier molecular flexibility index (Phi) is 5.63. The number of fused-ring (bicyclic) bond motifs is 3. The van der Waals surface area contributed by atoms with Crippen molar-refractivity contribution in [2.24, 2.45) is 0 Å². The van der Waals surface area contributed by atoms with Crippen molar-refractivity contribution < 1.29 is 0 Å². The molecule has 0 amide bonds. The van der Waals surface area contributed by atoms with Gasteiger partial charge < -0.3 is 0 Å². The molecule has 5 aromatic carbocycles. The fourth-order valence-corrected chi connectivity index (χ4v) is 7.98. The molecule has 7 aromatic rings. The third kappa shape index (κ3) is 4.15. The number of hydrogen-bond donors (Lipinski definition) is 0. The van der Waals surface area contributed by atoms with Crippen LogP contribution in [0.1, 0.15) is 0 Å². The van der Waals surface area contributed by atoms with Gasteiger partial charge in [-0.15, -0.1) is 0 Å². The minimum absolute atomic E-state index is 0.333. The second-order valence-corrected chi connectivity index (χ2v) is 12.0. The molecule has 0 aliphatic heterocycles. The molecule has 0 saturated heterocycles. The Morgan fingerprint density at radius 1 is 0.378 bits per heavy atom. The monoisotopic (exact) mass is 589 g/mol. The van der Waals surface area contributed by atoms with Crippen molar-refractivity contribution in [3.63, 3.8) is 0 Å². The average Bonchev–Trinajstić information content (AvgIpc) is 3.37. The van der Waals surface area contributed by atoms with E-state index >= 15 is 0 Å². The van der Waals surface area contributed by atoms with Gasteiger partial charge in [-0.2, -0.15) is 0 Å². The van der Waals surface area contributed by atoms with Crippen LogP contribution in [0, 0.1) is 0 Å². The maximum atomic E-state index is 4.87. The smallest absolute Gasteiger partial charge is 0.0615 e. The van der Waals surface area contributed by atoms with Gasteiger partial charge in [0.25, 0.3) is 0 Å². The third-order valence-electron chi connectivity index (χ3n) is 6.56. The molecule has 0 aliphatic rings. The van der Waals surface area contributed by atoms with Crippen LogP contribution < -0.4 is 0 Å². The van der Waals surface area contributed by atoms with Gasteiger partial charge in [0.15, 0.2) is 0 Å². The standard InChI is InChI=1S/C33H21N3Te/c1-3-10-23(11-4-1)31-34-32(24-12-5-2-6-13-24)36-33(35-31)25-20-18-22(19-21-25)26-15-9-17-29-30(26)27-14-7-8-16-28(27)37-29/h1-21H. The summed E-state index contributed by atoms with van der Waals surface area (Å²) in [5.41, 5.74) is 5.43. The van der Waals surface area contributed by atoms with Crippen molar-refractivity contribution in [3.05, 3.63) is 127 Å². The van der Waals surface area contributed by atoms with Crippen LogP contribution in [0.5, 0.6) is 0 Å². The van der Waals surface area contributed by atoms with E-state index in [1.807, 2.05) is 60.7 Å². The van der Waals surface area contributed by atoms with E-state index in [4.69, 9.17) is 15.0 Å². The third-order valence-corrected chi connectivity index (χ3v) is 9.80. The Labute approximate surface area is 224 Å².